The van der Waals surface area contributed by atoms with Crippen LogP contribution in [0.4, 0.5) is 0 Å². The Labute approximate surface area is 163 Å². The zero-order chi connectivity index (χ0) is 19.3. The molecule has 0 amide bonds. The van der Waals surface area contributed by atoms with Gasteiger partial charge in [-0.25, -0.2) is 12.4 Å². The van der Waals surface area contributed by atoms with Crippen molar-refractivity contribution in [3.63, 3.8) is 0 Å². The van der Waals surface area contributed by atoms with E-state index < -0.39 is 10.0 Å². The van der Waals surface area contributed by atoms with Crippen LogP contribution in [0.15, 0.2) is 96.2 Å². The number of aromatic nitrogens is 2. The van der Waals surface area contributed by atoms with Gasteiger partial charge in [0, 0.05) is 23.5 Å². The summed E-state index contributed by atoms with van der Waals surface area (Å²) in [5, 5.41) is 2.05. The molecule has 2 heterocycles. The number of hydrogen-bond donors (Lipinski definition) is 0. The average molecular weight is 386 g/mol. The second kappa shape index (κ2) is 6.11. The van der Waals surface area contributed by atoms with Gasteiger partial charge in [-0.3, -0.25) is 0 Å². The lowest BCUT2D eigenvalue weighted by Gasteiger charge is -2.09. The zero-order valence-corrected chi connectivity index (χ0v) is 16.1. The molecule has 2 aromatic heterocycles. The van der Waals surface area contributed by atoms with Crippen molar-refractivity contribution in [3.8, 4) is 5.69 Å². The molecule has 0 saturated heterocycles. The van der Waals surface area contributed by atoms with Crippen molar-refractivity contribution in [2.75, 3.05) is 0 Å². The van der Waals surface area contributed by atoms with Crippen molar-refractivity contribution in [1.82, 2.24) is 8.54 Å². The minimum absolute atomic E-state index is 0.288. The van der Waals surface area contributed by atoms with Crippen molar-refractivity contribution in [1.29, 1.82) is 0 Å². The molecule has 5 heteroatoms. The molecule has 0 saturated carbocycles. The summed E-state index contributed by atoms with van der Waals surface area (Å²) in [6, 6.07) is 24.9. The average Bonchev–Trinajstić information content (AvgIpc) is 3.32. The lowest BCUT2D eigenvalue weighted by molar-refractivity contribution is 0.589. The number of rotatable bonds is 3. The largest absolute Gasteiger partial charge is 0.317 e. The quantitative estimate of drug-likeness (QED) is 0.431. The van der Waals surface area contributed by atoms with Gasteiger partial charge in [0.05, 0.1) is 15.9 Å². The topological polar surface area (TPSA) is 44.0 Å². The van der Waals surface area contributed by atoms with Crippen LogP contribution in [0.3, 0.4) is 0 Å². The van der Waals surface area contributed by atoms with Crippen LogP contribution in [0.2, 0.25) is 0 Å². The molecule has 5 aromatic rings. The predicted molar refractivity (Wildman–Crippen MR) is 113 cm³/mol. The maximum absolute atomic E-state index is 13.1. The molecule has 0 unspecified atom stereocenters. The second-order valence-electron chi connectivity index (χ2n) is 6.92. The summed E-state index contributed by atoms with van der Waals surface area (Å²) in [6.45, 7) is 1.94. The molecule has 0 aliphatic carbocycles. The third-order valence-corrected chi connectivity index (χ3v) is 6.80. The zero-order valence-electron chi connectivity index (χ0n) is 15.3. The molecule has 3 aromatic carbocycles. The fourth-order valence-electron chi connectivity index (χ4n) is 3.60. The molecule has 5 rings (SSSR count). The van der Waals surface area contributed by atoms with E-state index in [-0.39, 0.29) is 4.90 Å². The SMILES string of the molecule is Cc1ccc(S(=O)(=O)n2ccc3cc(-n4ccc5ccccc54)ccc32)cc1. The van der Waals surface area contributed by atoms with Crippen molar-refractivity contribution in [3.05, 3.63) is 96.8 Å². The van der Waals surface area contributed by atoms with Crippen LogP contribution in [-0.2, 0) is 10.0 Å². The Kier molecular flexibility index (Phi) is 3.67. The molecule has 0 radical (unpaired) electrons. The summed E-state index contributed by atoms with van der Waals surface area (Å²) in [5.74, 6) is 0. The predicted octanol–water partition coefficient (Wildman–Crippen LogP) is 5.13. The summed E-state index contributed by atoms with van der Waals surface area (Å²) in [4.78, 5) is 0.288. The van der Waals surface area contributed by atoms with Crippen LogP contribution in [0.1, 0.15) is 5.56 Å². The van der Waals surface area contributed by atoms with Crippen LogP contribution >= 0.6 is 0 Å². The molecule has 4 nitrogen and oxygen atoms in total. The molecule has 0 N–H and O–H groups in total. The number of hydrogen-bond acceptors (Lipinski definition) is 2. The summed E-state index contributed by atoms with van der Waals surface area (Å²) < 4.78 is 29.6. The first kappa shape index (κ1) is 16.8. The summed E-state index contributed by atoms with van der Waals surface area (Å²) in [7, 11) is -3.63. The summed E-state index contributed by atoms with van der Waals surface area (Å²) >= 11 is 0. The monoisotopic (exact) mass is 386 g/mol. The van der Waals surface area contributed by atoms with Crippen LogP contribution in [0, 0.1) is 6.92 Å². The van der Waals surface area contributed by atoms with E-state index in [1.165, 1.54) is 9.36 Å². The highest BCUT2D eigenvalue weighted by atomic mass is 32.2. The highest BCUT2D eigenvalue weighted by Gasteiger charge is 2.19. The molecular formula is C23H18N2O2S. The molecule has 0 aliphatic rings. The van der Waals surface area contributed by atoms with Gasteiger partial charge >= 0.3 is 0 Å². The first-order valence-electron chi connectivity index (χ1n) is 9.04. The van der Waals surface area contributed by atoms with Crippen molar-refractivity contribution in [2.45, 2.75) is 11.8 Å². The van der Waals surface area contributed by atoms with E-state index in [1.54, 1.807) is 18.3 Å². The van der Waals surface area contributed by atoms with Crippen LogP contribution in [-0.4, -0.2) is 17.0 Å². The Morgan fingerprint density at radius 1 is 0.714 bits per heavy atom. The van der Waals surface area contributed by atoms with E-state index in [0.29, 0.717) is 5.52 Å². The highest BCUT2D eigenvalue weighted by molar-refractivity contribution is 7.90. The van der Waals surface area contributed by atoms with Gasteiger partial charge in [-0.1, -0.05) is 35.9 Å². The first-order valence-corrected chi connectivity index (χ1v) is 10.5. The number of fused-ring (bicyclic) bond motifs is 2. The highest BCUT2D eigenvalue weighted by Crippen LogP contribution is 2.27. The standard InChI is InChI=1S/C23H18N2O2S/c1-17-6-9-21(10-7-17)28(26,27)25-15-13-19-16-20(8-11-23(19)25)24-14-12-18-4-2-3-5-22(18)24/h2-16H,1H3. The molecule has 0 fully saturated rings. The number of benzene rings is 3. The smallest absolute Gasteiger partial charge is 0.268 e. The van der Waals surface area contributed by atoms with Gasteiger partial charge < -0.3 is 4.57 Å². The fraction of sp³-hybridized carbons (Fsp3) is 0.0435. The van der Waals surface area contributed by atoms with Gasteiger partial charge in [0.25, 0.3) is 10.0 Å². The van der Waals surface area contributed by atoms with Crippen molar-refractivity contribution >= 4 is 31.8 Å². The molecule has 0 atom stereocenters. The van der Waals surface area contributed by atoms with Gasteiger partial charge in [0.2, 0.25) is 0 Å². The third-order valence-electron chi connectivity index (χ3n) is 5.09. The first-order chi connectivity index (χ1) is 13.5. The molecule has 0 bridgehead atoms. The third kappa shape index (κ3) is 2.55. The van der Waals surface area contributed by atoms with Crippen molar-refractivity contribution < 1.29 is 8.42 Å². The Bertz CT molecular complexity index is 1420. The Hall–Kier alpha value is -3.31. The number of para-hydroxylation sites is 1. The Morgan fingerprint density at radius 3 is 2.29 bits per heavy atom. The van der Waals surface area contributed by atoms with E-state index in [0.717, 1.165) is 22.2 Å². The minimum atomic E-state index is -3.63. The van der Waals surface area contributed by atoms with Gasteiger partial charge in [-0.2, -0.15) is 0 Å². The summed E-state index contributed by atoms with van der Waals surface area (Å²) in [6.07, 6.45) is 3.66. The maximum Gasteiger partial charge on any atom is 0.268 e. The van der Waals surface area contributed by atoms with E-state index in [9.17, 15) is 8.42 Å². The Morgan fingerprint density at radius 2 is 1.46 bits per heavy atom. The molecule has 0 aliphatic heterocycles. The van der Waals surface area contributed by atoms with Gasteiger partial charge in [0.15, 0.2) is 0 Å². The van der Waals surface area contributed by atoms with Gasteiger partial charge in [-0.05, 0) is 60.8 Å². The van der Waals surface area contributed by atoms with Gasteiger partial charge in [0.1, 0.15) is 0 Å². The van der Waals surface area contributed by atoms with Gasteiger partial charge in [-0.15, -0.1) is 0 Å². The minimum Gasteiger partial charge on any atom is -0.317 e. The maximum atomic E-state index is 13.1. The summed E-state index contributed by atoms with van der Waals surface area (Å²) in [5.41, 5.74) is 3.81. The van der Waals surface area contributed by atoms with Crippen molar-refractivity contribution in [2.24, 2.45) is 0 Å². The molecule has 138 valence electrons. The molecular weight excluding hydrogens is 368 g/mol. The normalized spacial score (nSPS) is 12.0. The molecule has 28 heavy (non-hydrogen) atoms. The van der Waals surface area contributed by atoms with E-state index in [4.69, 9.17) is 0 Å². The second-order valence-corrected chi connectivity index (χ2v) is 8.73. The van der Waals surface area contributed by atoms with Crippen LogP contribution in [0.25, 0.3) is 27.5 Å². The lowest BCUT2D eigenvalue weighted by atomic mass is 10.2. The molecule has 0 spiro atoms. The van der Waals surface area contributed by atoms with E-state index in [2.05, 4.69) is 22.8 Å². The van der Waals surface area contributed by atoms with Crippen LogP contribution < -0.4 is 0 Å². The number of aryl methyl sites for hydroxylation is 1. The number of nitrogens with zero attached hydrogens (tertiary/aromatic N) is 2. The van der Waals surface area contributed by atoms with Crippen LogP contribution in [0.5, 0.6) is 0 Å². The lowest BCUT2D eigenvalue weighted by Crippen LogP contribution is -2.11. The fourth-order valence-corrected chi connectivity index (χ4v) is 4.95. The Balaban J connectivity index is 1.63. The van der Waals surface area contributed by atoms with E-state index in [1.807, 2.05) is 61.7 Å². The van der Waals surface area contributed by atoms with E-state index >= 15 is 0 Å².